The highest BCUT2D eigenvalue weighted by Crippen LogP contribution is 2.28. The first-order valence-electron chi connectivity index (χ1n) is 10.3. The SMILES string of the molecule is CC1CCCCN1C(=O)CN1CCN(c2nc(C(F)F)nc3ccccc23)CC1. The van der Waals surface area contributed by atoms with Gasteiger partial charge >= 0.3 is 0 Å². The minimum absolute atomic E-state index is 0.193. The standard InChI is InChI=1S/C21H27F2N5O/c1-15-6-4-5-9-28(15)18(29)14-26-10-12-27(13-11-26)21-16-7-2-3-8-17(16)24-20(25-21)19(22)23/h2-3,7-8,15,19H,4-6,9-14H2,1H3. The first-order chi connectivity index (χ1) is 14.0. The zero-order valence-corrected chi connectivity index (χ0v) is 16.7. The molecule has 0 bridgehead atoms. The van der Waals surface area contributed by atoms with Crippen molar-refractivity contribution < 1.29 is 13.6 Å². The number of amides is 1. The summed E-state index contributed by atoms with van der Waals surface area (Å²) in [6.45, 7) is 6.09. The topological polar surface area (TPSA) is 52.6 Å². The number of hydrogen-bond donors (Lipinski definition) is 0. The van der Waals surface area contributed by atoms with Gasteiger partial charge in [-0.15, -0.1) is 0 Å². The summed E-state index contributed by atoms with van der Waals surface area (Å²) in [5.74, 6) is 0.315. The van der Waals surface area contributed by atoms with E-state index in [1.165, 1.54) is 6.42 Å². The van der Waals surface area contributed by atoms with Crippen LogP contribution in [0.2, 0.25) is 0 Å². The summed E-state index contributed by atoms with van der Waals surface area (Å²) in [7, 11) is 0. The maximum Gasteiger partial charge on any atom is 0.297 e. The van der Waals surface area contributed by atoms with E-state index in [4.69, 9.17) is 0 Å². The van der Waals surface area contributed by atoms with E-state index in [-0.39, 0.29) is 5.91 Å². The molecular weight excluding hydrogens is 376 g/mol. The molecule has 0 N–H and O–H groups in total. The van der Waals surface area contributed by atoms with Crippen molar-refractivity contribution >= 4 is 22.6 Å². The van der Waals surface area contributed by atoms with Gasteiger partial charge in [-0.3, -0.25) is 9.69 Å². The molecule has 4 rings (SSSR count). The van der Waals surface area contributed by atoms with Crippen LogP contribution in [0.1, 0.15) is 38.4 Å². The minimum Gasteiger partial charge on any atom is -0.353 e. The number of piperazine rings is 1. The number of anilines is 1. The molecule has 156 valence electrons. The second kappa shape index (κ2) is 8.57. The number of piperidine rings is 1. The molecule has 6 nitrogen and oxygen atoms in total. The largest absolute Gasteiger partial charge is 0.353 e. The van der Waals surface area contributed by atoms with Gasteiger partial charge in [-0.1, -0.05) is 12.1 Å². The van der Waals surface area contributed by atoms with Gasteiger partial charge in [0.15, 0.2) is 5.82 Å². The third-order valence-electron chi connectivity index (χ3n) is 5.95. The van der Waals surface area contributed by atoms with Gasteiger partial charge < -0.3 is 9.80 Å². The average molecular weight is 403 g/mol. The molecule has 0 aliphatic carbocycles. The molecule has 29 heavy (non-hydrogen) atoms. The lowest BCUT2D eigenvalue weighted by Crippen LogP contribution is -2.52. The molecule has 1 aromatic heterocycles. The van der Waals surface area contributed by atoms with Gasteiger partial charge in [0.2, 0.25) is 5.91 Å². The van der Waals surface area contributed by atoms with Crippen LogP contribution in [0, 0.1) is 0 Å². The van der Waals surface area contributed by atoms with Crippen molar-refractivity contribution in [2.24, 2.45) is 0 Å². The van der Waals surface area contributed by atoms with Gasteiger partial charge in [0, 0.05) is 44.2 Å². The summed E-state index contributed by atoms with van der Waals surface area (Å²) >= 11 is 0. The fourth-order valence-electron chi connectivity index (χ4n) is 4.28. The van der Waals surface area contributed by atoms with Crippen LogP contribution in [-0.2, 0) is 4.79 Å². The fourth-order valence-corrected chi connectivity index (χ4v) is 4.28. The van der Waals surface area contributed by atoms with Crippen molar-refractivity contribution in [3.63, 3.8) is 0 Å². The Hall–Kier alpha value is -2.35. The van der Waals surface area contributed by atoms with Gasteiger partial charge in [-0.25, -0.2) is 18.7 Å². The number of aromatic nitrogens is 2. The quantitative estimate of drug-likeness (QED) is 0.785. The number of para-hydroxylation sites is 1. The molecule has 8 heteroatoms. The molecule has 2 fully saturated rings. The Morgan fingerprint density at radius 3 is 2.59 bits per heavy atom. The van der Waals surface area contributed by atoms with Gasteiger partial charge in [0.05, 0.1) is 12.1 Å². The maximum atomic E-state index is 13.3. The first kappa shape index (κ1) is 19.9. The number of alkyl halides is 2. The van der Waals surface area contributed by atoms with Crippen molar-refractivity contribution in [3.8, 4) is 0 Å². The van der Waals surface area contributed by atoms with Crippen LogP contribution in [0.4, 0.5) is 14.6 Å². The van der Waals surface area contributed by atoms with Crippen molar-refractivity contribution in [1.82, 2.24) is 19.8 Å². The van der Waals surface area contributed by atoms with E-state index in [0.29, 0.717) is 50.1 Å². The third kappa shape index (κ3) is 4.32. The number of carbonyl (C=O) groups is 1. The van der Waals surface area contributed by atoms with E-state index in [2.05, 4.69) is 21.8 Å². The molecule has 2 aliphatic rings. The smallest absolute Gasteiger partial charge is 0.297 e. The Morgan fingerprint density at radius 2 is 1.86 bits per heavy atom. The molecule has 2 aliphatic heterocycles. The second-order valence-electron chi connectivity index (χ2n) is 7.92. The lowest BCUT2D eigenvalue weighted by molar-refractivity contribution is -0.135. The fraction of sp³-hybridized carbons (Fsp3) is 0.571. The summed E-state index contributed by atoms with van der Waals surface area (Å²) in [6.07, 6.45) is 0.643. The Kier molecular flexibility index (Phi) is 5.89. The average Bonchev–Trinajstić information content (AvgIpc) is 2.73. The van der Waals surface area contributed by atoms with Crippen molar-refractivity contribution in [2.75, 3.05) is 44.2 Å². The monoisotopic (exact) mass is 403 g/mol. The lowest BCUT2D eigenvalue weighted by Gasteiger charge is -2.38. The van der Waals surface area contributed by atoms with Crippen LogP contribution in [0.3, 0.4) is 0 Å². The molecule has 0 radical (unpaired) electrons. The van der Waals surface area contributed by atoms with Gasteiger partial charge in [-0.2, -0.15) is 0 Å². The minimum atomic E-state index is -2.70. The predicted octanol–water partition coefficient (Wildman–Crippen LogP) is 3.09. The molecule has 1 amide bonds. The molecule has 0 spiro atoms. The number of hydrogen-bond acceptors (Lipinski definition) is 5. The highest BCUT2D eigenvalue weighted by atomic mass is 19.3. The van der Waals surface area contributed by atoms with E-state index in [0.717, 1.165) is 24.8 Å². The Labute approximate surface area is 169 Å². The lowest BCUT2D eigenvalue weighted by atomic mass is 10.0. The third-order valence-corrected chi connectivity index (χ3v) is 5.95. The summed E-state index contributed by atoms with van der Waals surface area (Å²) in [5, 5.41) is 0.781. The van der Waals surface area contributed by atoms with Crippen molar-refractivity contribution in [3.05, 3.63) is 30.1 Å². The predicted molar refractivity (Wildman–Crippen MR) is 108 cm³/mol. The Morgan fingerprint density at radius 1 is 1.10 bits per heavy atom. The van der Waals surface area contributed by atoms with Crippen molar-refractivity contribution in [2.45, 2.75) is 38.7 Å². The van der Waals surface area contributed by atoms with Crippen LogP contribution >= 0.6 is 0 Å². The number of nitrogens with zero attached hydrogens (tertiary/aromatic N) is 5. The van der Waals surface area contributed by atoms with Gasteiger partial charge in [-0.05, 0) is 38.3 Å². The second-order valence-corrected chi connectivity index (χ2v) is 7.92. The first-order valence-corrected chi connectivity index (χ1v) is 10.3. The molecule has 1 unspecified atom stereocenters. The highest BCUT2D eigenvalue weighted by molar-refractivity contribution is 5.89. The van der Waals surface area contributed by atoms with Crippen LogP contribution in [0.5, 0.6) is 0 Å². The zero-order chi connectivity index (χ0) is 20.4. The molecule has 3 heterocycles. The Bertz CT molecular complexity index is 869. The molecule has 1 aromatic carbocycles. The Balaban J connectivity index is 1.44. The number of fused-ring (bicyclic) bond motifs is 1. The van der Waals surface area contributed by atoms with Gasteiger partial charge in [0.25, 0.3) is 6.43 Å². The number of benzene rings is 1. The van der Waals surface area contributed by atoms with E-state index in [1.54, 1.807) is 12.1 Å². The van der Waals surface area contributed by atoms with Crippen molar-refractivity contribution in [1.29, 1.82) is 0 Å². The zero-order valence-electron chi connectivity index (χ0n) is 16.7. The van der Waals surface area contributed by atoms with Gasteiger partial charge in [0.1, 0.15) is 5.82 Å². The van der Waals surface area contributed by atoms with Crippen LogP contribution in [0.25, 0.3) is 10.9 Å². The molecule has 1 atom stereocenters. The summed E-state index contributed by atoms with van der Waals surface area (Å²) in [4.78, 5) is 27.0. The summed E-state index contributed by atoms with van der Waals surface area (Å²) in [5.41, 5.74) is 0.532. The van der Waals surface area contributed by atoms with Crippen LogP contribution < -0.4 is 4.90 Å². The molecule has 0 saturated carbocycles. The summed E-state index contributed by atoms with van der Waals surface area (Å²) < 4.78 is 26.5. The van der Waals surface area contributed by atoms with E-state index >= 15 is 0 Å². The van der Waals surface area contributed by atoms with E-state index in [9.17, 15) is 13.6 Å². The van der Waals surface area contributed by atoms with Crippen LogP contribution in [-0.4, -0.2) is 71.0 Å². The molecule has 2 aromatic rings. The molecular formula is C21H27F2N5O. The van der Waals surface area contributed by atoms with E-state index < -0.39 is 12.2 Å². The summed E-state index contributed by atoms with van der Waals surface area (Å²) in [6, 6.07) is 7.58. The number of halogens is 2. The number of rotatable bonds is 4. The number of likely N-dealkylation sites (tertiary alicyclic amines) is 1. The van der Waals surface area contributed by atoms with Crippen LogP contribution in [0.15, 0.2) is 24.3 Å². The normalized spacial score (nSPS) is 21.2. The van der Waals surface area contributed by atoms with E-state index in [1.807, 2.05) is 21.9 Å². The molecule has 2 saturated heterocycles. The maximum absolute atomic E-state index is 13.3. The highest BCUT2D eigenvalue weighted by Gasteiger charge is 2.27. The number of carbonyl (C=O) groups excluding carboxylic acids is 1.